The number of rotatable bonds is 0. The molecule has 0 bridgehead atoms. The molecule has 0 aliphatic carbocycles. The van der Waals surface area contributed by atoms with Crippen LogP contribution in [-0.4, -0.2) is 0 Å². The second kappa shape index (κ2) is 57.2. The maximum Gasteiger partial charge on any atom is 2.00 e. The molecule has 0 saturated carbocycles. The van der Waals surface area contributed by atoms with Gasteiger partial charge in [-0.3, -0.25) is 0 Å². The molecular formula is Cl4FeINa. The fourth-order valence-corrected chi connectivity index (χ4v) is 0. The molecule has 2 radical (unpaired) electrons. The van der Waals surface area contributed by atoms with Crippen molar-refractivity contribution < 1.29 is 120 Å². The molecule has 0 amide bonds. The molecule has 44 valence electrons. The first-order chi connectivity index (χ1) is 0. The molecule has 0 aliphatic rings. The number of hydrogen-bond acceptors (Lipinski definition) is 0. The van der Waals surface area contributed by atoms with E-state index in [4.69, 9.17) is 0 Å². The van der Waals surface area contributed by atoms with Crippen LogP contribution in [0, 0.1) is 0 Å². The molecule has 0 saturated heterocycles. The number of halogens is 5. The van der Waals surface area contributed by atoms with Crippen molar-refractivity contribution in [1.29, 1.82) is 0 Å². The average molecular weight is 348 g/mol. The van der Waals surface area contributed by atoms with Gasteiger partial charge in [-0.1, -0.05) is 0 Å². The summed E-state index contributed by atoms with van der Waals surface area (Å²) in [6.07, 6.45) is 0. The topological polar surface area (TPSA) is 0 Å². The van der Waals surface area contributed by atoms with Crippen molar-refractivity contribution in [3.8, 4) is 0 Å². The van der Waals surface area contributed by atoms with Crippen LogP contribution in [0.25, 0.3) is 0 Å². The third-order valence-corrected chi connectivity index (χ3v) is 0. The summed E-state index contributed by atoms with van der Waals surface area (Å²) in [5, 5.41) is 0. The minimum Gasteiger partial charge on any atom is -1.00 e. The zero-order valence-electron chi connectivity index (χ0n) is 3.24. The van der Waals surface area contributed by atoms with E-state index < -0.39 is 0 Å². The minimum absolute atomic E-state index is 0. The molecule has 7 heavy (non-hydrogen) atoms. The van der Waals surface area contributed by atoms with Crippen LogP contribution in [0.4, 0.5) is 0 Å². The summed E-state index contributed by atoms with van der Waals surface area (Å²) in [6, 6.07) is 0. The molecule has 0 aromatic heterocycles. The Morgan fingerprint density at radius 3 is 0.571 bits per heavy atom. The van der Waals surface area contributed by atoms with E-state index >= 15 is 0 Å². The fourth-order valence-electron chi connectivity index (χ4n) is 0. The van der Waals surface area contributed by atoms with Crippen LogP contribution in [0.3, 0.4) is 0 Å². The molecule has 0 atom stereocenters. The Morgan fingerprint density at radius 1 is 0.571 bits per heavy atom. The van der Waals surface area contributed by atoms with E-state index in [-0.39, 0.29) is 120 Å². The van der Waals surface area contributed by atoms with Crippen molar-refractivity contribution in [3.63, 3.8) is 0 Å². The Hall–Kier alpha value is 3.41. The van der Waals surface area contributed by atoms with Crippen molar-refractivity contribution >= 4 is 0 Å². The molecule has 0 spiro atoms. The molecule has 0 rings (SSSR count). The Labute approximate surface area is 118 Å². The first-order valence-electron chi connectivity index (χ1n) is 0. The van der Waals surface area contributed by atoms with Gasteiger partial charge < -0.3 is 49.6 Å². The van der Waals surface area contributed by atoms with Crippen molar-refractivity contribution in [2.45, 2.75) is 0 Å². The molecule has 0 aromatic carbocycles. The Morgan fingerprint density at radius 2 is 0.571 bits per heavy atom. The standard InChI is InChI=1S/4ClH.Fe.I.Na/h4*1H;;;/q;;;;+2;2*+1/p-4. The van der Waals surface area contributed by atoms with Gasteiger partial charge in [0.1, 0.15) is 0 Å². The van der Waals surface area contributed by atoms with Crippen LogP contribution in [-0.2, 0) is 17.1 Å². The van der Waals surface area contributed by atoms with E-state index in [0.29, 0.717) is 0 Å². The van der Waals surface area contributed by atoms with Crippen molar-refractivity contribution in [1.82, 2.24) is 0 Å². The van der Waals surface area contributed by atoms with Gasteiger partial charge in [-0.2, -0.15) is 0 Å². The first kappa shape index (κ1) is 79.3. The van der Waals surface area contributed by atoms with E-state index in [9.17, 15) is 0 Å². The zero-order chi connectivity index (χ0) is 0. The molecule has 0 nitrogen and oxygen atoms in total. The summed E-state index contributed by atoms with van der Waals surface area (Å²) >= 11 is 0. The van der Waals surface area contributed by atoms with Crippen LogP contribution in [0.5, 0.6) is 0 Å². The van der Waals surface area contributed by atoms with E-state index in [1.54, 1.807) is 0 Å². The summed E-state index contributed by atoms with van der Waals surface area (Å²) in [5.74, 6) is 0. The summed E-state index contributed by atoms with van der Waals surface area (Å²) < 4.78 is 0. The van der Waals surface area contributed by atoms with Gasteiger partial charge in [-0.15, -0.1) is 0 Å². The van der Waals surface area contributed by atoms with Gasteiger partial charge in [0, 0.05) is 0 Å². The van der Waals surface area contributed by atoms with E-state index in [0.717, 1.165) is 0 Å². The van der Waals surface area contributed by atoms with Crippen LogP contribution in [0.1, 0.15) is 0 Å². The van der Waals surface area contributed by atoms with Crippen molar-refractivity contribution in [3.05, 3.63) is 0 Å². The van der Waals surface area contributed by atoms with Gasteiger partial charge in [-0.05, 0) is 0 Å². The van der Waals surface area contributed by atoms with E-state index in [1.807, 2.05) is 0 Å². The van der Waals surface area contributed by atoms with Gasteiger partial charge in [0.05, 0.1) is 0 Å². The molecule has 7 heteroatoms. The predicted molar refractivity (Wildman–Crippen MR) is 0 cm³/mol. The maximum atomic E-state index is 0. The summed E-state index contributed by atoms with van der Waals surface area (Å²) in [6.45, 7) is 0. The molecule has 0 unspecified atom stereocenters. The van der Waals surface area contributed by atoms with Gasteiger partial charge in [0.15, 0.2) is 0 Å². The van der Waals surface area contributed by atoms with Crippen molar-refractivity contribution in [2.75, 3.05) is 0 Å². The first-order valence-corrected chi connectivity index (χ1v) is 0. The second-order valence-corrected chi connectivity index (χ2v) is 0. The smallest absolute Gasteiger partial charge is 1.00 e. The van der Waals surface area contributed by atoms with Gasteiger partial charge in [0.2, 0.25) is 0 Å². The van der Waals surface area contributed by atoms with Gasteiger partial charge in [0.25, 0.3) is 0 Å². The number of hydrogen-bond donors (Lipinski definition) is 0. The van der Waals surface area contributed by atoms with Crippen LogP contribution < -0.4 is 103 Å². The SMILES string of the molecule is [Cl-].[Cl-].[Cl-].[Cl-].[Fe+2].[I+].[Na+]. The Kier molecular flexibility index (Phi) is 648. The summed E-state index contributed by atoms with van der Waals surface area (Å²) in [4.78, 5) is 0. The van der Waals surface area contributed by atoms with Crippen LogP contribution in [0.2, 0.25) is 0 Å². The monoisotopic (exact) mass is 346 g/mol. The third-order valence-electron chi connectivity index (χ3n) is 0. The maximum absolute atomic E-state index is 0. The molecule has 0 fully saturated rings. The normalized spacial score (nSPS) is 0. The Balaban J connectivity index is 0. The zero-order valence-corrected chi connectivity index (χ0v) is 11.5. The fraction of sp³-hybridized carbons (Fsp3) is 0. The predicted octanol–water partition coefficient (Wildman–Crippen LogP) is -18.0. The average Bonchev–Trinajstić information content (AvgIpc) is 0. The summed E-state index contributed by atoms with van der Waals surface area (Å²) in [5.41, 5.74) is 0. The second-order valence-electron chi connectivity index (χ2n) is 0. The van der Waals surface area contributed by atoms with E-state index in [1.165, 1.54) is 0 Å². The largest absolute Gasteiger partial charge is 2.00 e. The molecule has 0 N–H and O–H groups in total. The van der Waals surface area contributed by atoms with Gasteiger partial charge >= 0.3 is 70.6 Å². The van der Waals surface area contributed by atoms with Gasteiger partial charge in [-0.25, -0.2) is 0 Å². The molecule has 0 aliphatic heterocycles. The van der Waals surface area contributed by atoms with Crippen LogP contribution >= 0.6 is 0 Å². The molecular weight excluding hydrogens is 348 g/mol. The molecule has 0 heterocycles. The quantitative estimate of drug-likeness (QED) is 0.302. The molecule has 0 aromatic rings. The summed E-state index contributed by atoms with van der Waals surface area (Å²) in [7, 11) is 0. The Bertz CT molecular complexity index is 11.7. The van der Waals surface area contributed by atoms with Crippen molar-refractivity contribution in [2.24, 2.45) is 0 Å². The van der Waals surface area contributed by atoms with Crippen LogP contribution in [0.15, 0.2) is 0 Å². The third kappa shape index (κ3) is 44.4. The van der Waals surface area contributed by atoms with E-state index in [2.05, 4.69) is 0 Å². The minimum atomic E-state index is 0.